The highest BCUT2D eigenvalue weighted by atomic mass is 79.9. The number of carbonyl (C=O) groups is 1. The first-order valence-corrected chi connectivity index (χ1v) is 6.07. The molecule has 13 heavy (non-hydrogen) atoms. The summed E-state index contributed by atoms with van der Waals surface area (Å²) in [5, 5.41) is 2.99. The molecule has 1 atom stereocenters. The van der Waals surface area contributed by atoms with E-state index >= 15 is 0 Å². The first-order chi connectivity index (χ1) is 6.24. The van der Waals surface area contributed by atoms with Crippen LogP contribution in [0.5, 0.6) is 0 Å². The molecule has 1 saturated carbocycles. The molecule has 0 spiro atoms. The molecule has 1 N–H and O–H groups in total. The normalized spacial score (nSPS) is 20.2. The quantitative estimate of drug-likeness (QED) is 0.761. The first-order valence-electron chi connectivity index (χ1n) is 5.15. The fourth-order valence-electron chi connectivity index (χ4n) is 1.69. The zero-order valence-electron chi connectivity index (χ0n) is 8.18. The molecule has 0 radical (unpaired) electrons. The van der Waals surface area contributed by atoms with Gasteiger partial charge in [-0.2, -0.15) is 0 Å². The summed E-state index contributed by atoms with van der Waals surface area (Å²) in [6.07, 6.45) is 5.69. The minimum atomic E-state index is 0.260. The van der Waals surface area contributed by atoms with Gasteiger partial charge in [-0.3, -0.25) is 4.79 Å². The topological polar surface area (TPSA) is 29.1 Å². The highest BCUT2D eigenvalue weighted by Crippen LogP contribution is 2.24. The molecule has 1 amide bonds. The van der Waals surface area contributed by atoms with Gasteiger partial charge in [0.05, 0.1) is 0 Å². The third-order valence-corrected chi connectivity index (χ3v) is 3.64. The number of carbonyl (C=O) groups excluding carboxylic acids is 1. The Morgan fingerprint density at radius 1 is 1.54 bits per heavy atom. The highest BCUT2D eigenvalue weighted by Gasteiger charge is 2.22. The van der Waals surface area contributed by atoms with Crippen LogP contribution in [0, 0.1) is 5.92 Å². The van der Waals surface area contributed by atoms with E-state index in [1.807, 2.05) is 0 Å². The average Bonchev–Trinajstić information content (AvgIpc) is 2.66. The standard InChI is InChI=1S/C10H18BrNO/c1-2-9(11)7-12-10(13)8-5-3-4-6-8/h8-9H,2-7H2,1H3,(H,12,13). The monoisotopic (exact) mass is 247 g/mol. The summed E-state index contributed by atoms with van der Waals surface area (Å²) in [7, 11) is 0. The van der Waals surface area contributed by atoms with Crippen LogP contribution in [0.3, 0.4) is 0 Å². The van der Waals surface area contributed by atoms with Crippen LogP contribution in [0.4, 0.5) is 0 Å². The smallest absolute Gasteiger partial charge is 0.223 e. The second-order valence-electron chi connectivity index (χ2n) is 3.73. The second kappa shape index (κ2) is 5.63. The molecule has 1 unspecified atom stereocenters. The van der Waals surface area contributed by atoms with Gasteiger partial charge in [0.2, 0.25) is 5.91 Å². The molecule has 1 fully saturated rings. The molecule has 0 aromatic heterocycles. The van der Waals surface area contributed by atoms with Crippen molar-refractivity contribution >= 4 is 21.8 Å². The van der Waals surface area contributed by atoms with Gasteiger partial charge >= 0.3 is 0 Å². The van der Waals surface area contributed by atoms with Gasteiger partial charge in [0.15, 0.2) is 0 Å². The minimum absolute atomic E-state index is 0.260. The van der Waals surface area contributed by atoms with Crippen LogP contribution in [0.2, 0.25) is 0 Å². The van der Waals surface area contributed by atoms with Crippen molar-refractivity contribution in [1.82, 2.24) is 5.32 Å². The van der Waals surface area contributed by atoms with E-state index in [4.69, 9.17) is 0 Å². The van der Waals surface area contributed by atoms with Gasteiger partial charge in [-0.05, 0) is 19.3 Å². The van der Waals surface area contributed by atoms with Gasteiger partial charge < -0.3 is 5.32 Å². The van der Waals surface area contributed by atoms with Crippen LogP contribution in [-0.4, -0.2) is 17.3 Å². The lowest BCUT2D eigenvalue weighted by atomic mass is 10.1. The van der Waals surface area contributed by atoms with E-state index in [1.165, 1.54) is 12.8 Å². The Morgan fingerprint density at radius 3 is 2.69 bits per heavy atom. The molecule has 0 saturated heterocycles. The summed E-state index contributed by atoms with van der Waals surface area (Å²) in [5.41, 5.74) is 0. The first kappa shape index (κ1) is 11.0. The summed E-state index contributed by atoms with van der Waals surface area (Å²) >= 11 is 3.50. The second-order valence-corrected chi connectivity index (χ2v) is 5.03. The Morgan fingerprint density at radius 2 is 2.15 bits per heavy atom. The fourth-order valence-corrected chi connectivity index (χ4v) is 1.85. The molecule has 1 aliphatic rings. The summed E-state index contributed by atoms with van der Waals surface area (Å²) in [4.78, 5) is 12.0. The van der Waals surface area contributed by atoms with E-state index in [0.29, 0.717) is 10.7 Å². The van der Waals surface area contributed by atoms with Crippen molar-refractivity contribution in [2.24, 2.45) is 5.92 Å². The maximum Gasteiger partial charge on any atom is 0.223 e. The van der Waals surface area contributed by atoms with Crippen molar-refractivity contribution in [3.63, 3.8) is 0 Å². The lowest BCUT2D eigenvalue weighted by Crippen LogP contribution is -2.33. The summed E-state index contributed by atoms with van der Waals surface area (Å²) in [6, 6.07) is 0. The molecule has 1 rings (SSSR count). The Hall–Kier alpha value is -0.0500. The minimum Gasteiger partial charge on any atom is -0.355 e. The molecule has 0 aliphatic heterocycles. The van der Waals surface area contributed by atoms with Gasteiger partial charge in [-0.15, -0.1) is 0 Å². The lowest BCUT2D eigenvalue weighted by Gasteiger charge is -2.12. The van der Waals surface area contributed by atoms with E-state index in [-0.39, 0.29) is 5.91 Å². The molecule has 76 valence electrons. The van der Waals surface area contributed by atoms with Crippen molar-refractivity contribution in [3.8, 4) is 0 Å². The number of alkyl halides is 1. The fraction of sp³-hybridized carbons (Fsp3) is 0.900. The predicted octanol–water partition coefficient (Wildman–Crippen LogP) is 2.47. The average molecular weight is 248 g/mol. The summed E-state index contributed by atoms with van der Waals surface area (Å²) < 4.78 is 0. The van der Waals surface area contributed by atoms with Crippen molar-refractivity contribution < 1.29 is 4.79 Å². The largest absolute Gasteiger partial charge is 0.355 e. The van der Waals surface area contributed by atoms with E-state index in [0.717, 1.165) is 25.8 Å². The Balaban J connectivity index is 2.16. The van der Waals surface area contributed by atoms with Gasteiger partial charge in [-0.1, -0.05) is 35.7 Å². The van der Waals surface area contributed by atoms with Gasteiger partial charge in [0.25, 0.3) is 0 Å². The van der Waals surface area contributed by atoms with E-state index in [1.54, 1.807) is 0 Å². The zero-order valence-corrected chi connectivity index (χ0v) is 9.77. The van der Waals surface area contributed by atoms with E-state index < -0.39 is 0 Å². The number of amides is 1. The molecular formula is C10H18BrNO. The third kappa shape index (κ3) is 3.67. The Labute approximate surface area is 88.6 Å². The van der Waals surface area contributed by atoms with Crippen molar-refractivity contribution in [1.29, 1.82) is 0 Å². The Kier molecular flexibility index (Phi) is 4.78. The van der Waals surface area contributed by atoms with Crippen molar-refractivity contribution in [3.05, 3.63) is 0 Å². The molecule has 0 heterocycles. The predicted molar refractivity (Wildman–Crippen MR) is 58.0 cm³/mol. The van der Waals surface area contributed by atoms with Crippen LogP contribution in [-0.2, 0) is 4.79 Å². The summed E-state index contributed by atoms with van der Waals surface area (Å²) in [5.74, 6) is 0.562. The Bertz CT molecular complexity index is 166. The maximum atomic E-state index is 11.5. The molecule has 3 heteroatoms. The van der Waals surface area contributed by atoms with E-state index in [2.05, 4.69) is 28.2 Å². The van der Waals surface area contributed by atoms with E-state index in [9.17, 15) is 4.79 Å². The maximum absolute atomic E-state index is 11.5. The van der Waals surface area contributed by atoms with Crippen LogP contribution in [0.1, 0.15) is 39.0 Å². The highest BCUT2D eigenvalue weighted by molar-refractivity contribution is 9.09. The van der Waals surface area contributed by atoms with Crippen LogP contribution < -0.4 is 5.32 Å². The third-order valence-electron chi connectivity index (χ3n) is 2.67. The summed E-state index contributed by atoms with van der Waals surface area (Å²) in [6.45, 7) is 2.88. The van der Waals surface area contributed by atoms with Crippen LogP contribution >= 0.6 is 15.9 Å². The van der Waals surface area contributed by atoms with Gasteiger partial charge in [0, 0.05) is 17.3 Å². The number of hydrogen-bond acceptors (Lipinski definition) is 1. The number of nitrogens with one attached hydrogen (secondary N) is 1. The SMILES string of the molecule is CCC(Br)CNC(=O)C1CCCC1. The molecule has 2 nitrogen and oxygen atoms in total. The zero-order chi connectivity index (χ0) is 9.68. The van der Waals surface area contributed by atoms with Crippen LogP contribution in [0.15, 0.2) is 0 Å². The molecule has 0 bridgehead atoms. The number of rotatable bonds is 4. The van der Waals surface area contributed by atoms with Crippen molar-refractivity contribution in [2.45, 2.75) is 43.9 Å². The molecular weight excluding hydrogens is 230 g/mol. The van der Waals surface area contributed by atoms with Gasteiger partial charge in [0.1, 0.15) is 0 Å². The van der Waals surface area contributed by atoms with Crippen molar-refractivity contribution in [2.75, 3.05) is 6.54 Å². The number of halogens is 1. The van der Waals surface area contributed by atoms with Crippen LogP contribution in [0.25, 0.3) is 0 Å². The lowest BCUT2D eigenvalue weighted by molar-refractivity contribution is -0.124. The molecule has 0 aromatic rings. The number of hydrogen-bond donors (Lipinski definition) is 1. The molecule has 0 aromatic carbocycles. The van der Waals surface area contributed by atoms with Gasteiger partial charge in [-0.25, -0.2) is 0 Å². The molecule has 1 aliphatic carbocycles.